The first-order valence-electron chi connectivity index (χ1n) is 9.64. The monoisotopic (exact) mass is 445 g/mol. The standard InChI is InChI=1S/C21H21F6N3O/c1-12-9-16(19(31)29-15-3-6-28-13(2)10-15)18(11-17(12)21(25,26)27)30-7-4-14(5-8-30)20(22,23)24/h3,6,9-11,14H,4-5,7-8H2,1-2H3,(H,28,29,31). The van der Waals surface area contributed by atoms with E-state index < -0.39 is 29.7 Å². The van der Waals surface area contributed by atoms with Crippen molar-refractivity contribution in [2.75, 3.05) is 23.3 Å². The summed E-state index contributed by atoms with van der Waals surface area (Å²) in [6.07, 6.45) is -8.02. The van der Waals surface area contributed by atoms with Crippen molar-refractivity contribution in [1.82, 2.24) is 4.98 Å². The Balaban J connectivity index is 1.96. The minimum Gasteiger partial charge on any atom is -0.371 e. The minimum absolute atomic E-state index is 0.0228. The van der Waals surface area contributed by atoms with Crippen LogP contribution < -0.4 is 10.2 Å². The Kier molecular flexibility index (Phi) is 6.20. The quantitative estimate of drug-likeness (QED) is 0.612. The minimum atomic E-state index is -4.65. The molecule has 0 saturated carbocycles. The van der Waals surface area contributed by atoms with Crippen molar-refractivity contribution in [3.8, 4) is 0 Å². The summed E-state index contributed by atoms with van der Waals surface area (Å²) in [7, 11) is 0. The maximum atomic E-state index is 13.5. The number of aryl methyl sites for hydroxylation is 2. The number of benzene rings is 1. The van der Waals surface area contributed by atoms with Gasteiger partial charge >= 0.3 is 12.4 Å². The molecule has 1 N–H and O–H groups in total. The normalized spacial score (nSPS) is 15.8. The highest BCUT2D eigenvalue weighted by atomic mass is 19.4. The number of anilines is 2. The third-order valence-electron chi connectivity index (χ3n) is 5.35. The lowest BCUT2D eigenvalue weighted by molar-refractivity contribution is -0.179. The van der Waals surface area contributed by atoms with Crippen molar-refractivity contribution in [2.45, 2.75) is 39.0 Å². The molecule has 4 nitrogen and oxygen atoms in total. The van der Waals surface area contributed by atoms with Crippen molar-refractivity contribution >= 4 is 17.3 Å². The topological polar surface area (TPSA) is 45.2 Å². The van der Waals surface area contributed by atoms with Crippen LogP contribution in [-0.4, -0.2) is 30.2 Å². The van der Waals surface area contributed by atoms with E-state index in [1.165, 1.54) is 24.1 Å². The first-order valence-corrected chi connectivity index (χ1v) is 9.64. The number of alkyl halides is 6. The van der Waals surface area contributed by atoms with E-state index in [4.69, 9.17) is 0 Å². The molecule has 31 heavy (non-hydrogen) atoms. The number of pyridine rings is 1. The van der Waals surface area contributed by atoms with Crippen LogP contribution in [0.1, 0.15) is 40.0 Å². The number of hydrogen-bond donors (Lipinski definition) is 1. The Labute approximate surface area is 175 Å². The van der Waals surface area contributed by atoms with E-state index in [-0.39, 0.29) is 42.7 Å². The average molecular weight is 445 g/mol. The van der Waals surface area contributed by atoms with Gasteiger partial charge in [0.15, 0.2) is 0 Å². The van der Waals surface area contributed by atoms with E-state index in [1.807, 2.05) is 0 Å². The molecule has 1 saturated heterocycles. The van der Waals surface area contributed by atoms with Crippen LogP contribution in [0.3, 0.4) is 0 Å². The molecule has 168 valence electrons. The molecule has 0 radical (unpaired) electrons. The Morgan fingerprint density at radius 2 is 1.71 bits per heavy atom. The number of carbonyl (C=O) groups excluding carboxylic acids is 1. The van der Waals surface area contributed by atoms with Crippen LogP contribution in [0.5, 0.6) is 0 Å². The molecular weight excluding hydrogens is 424 g/mol. The molecule has 0 spiro atoms. The van der Waals surface area contributed by atoms with Crippen molar-refractivity contribution in [1.29, 1.82) is 0 Å². The van der Waals surface area contributed by atoms with E-state index in [9.17, 15) is 31.1 Å². The highest BCUT2D eigenvalue weighted by Crippen LogP contribution is 2.39. The molecule has 0 aliphatic carbocycles. The second-order valence-corrected chi connectivity index (χ2v) is 7.62. The molecule has 1 aromatic heterocycles. The maximum Gasteiger partial charge on any atom is 0.416 e. The molecule has 0 unspecified atom stereocenters. The van der Waals surface area contributed by atoms with Gasteiger partial charge in [0.05, 0.1) is 22.7 Å². The smallest absolute Gasteiger partial charge is 0.371 e. The summed E-state index contributed by atoms with van der Waals surface area (Å²) >= 11 is 0. The molecule has 2 aromatic rings. The zero-order valence-electron chi connectivity index (χ0n) is 16.9. The summed E-state index contributed by atoms with van der Waals surface area (Å²) in [5.41, 5.74) is -0.0610. The van der Waals surface area contributed by atoms with Gasteiger partial charge in [-0.05, 0) is 56.5 Å². The fraction of sp³-hybridized carbons (Fsp3) is 0.429. The van der Waals surface area contributed by atoms with E-state index in [0.29, 0.717) is 11.4 Å². The molecule has 10 heteroatoms. The molecule has 2 heterocycles. The predicted octanol–water partition coefficient (Wildman–Crippen LogP) is 5.75. The maximum absolute atomic E-state index is 13.5. The van der Waals surface area contributed by atoms with Crippen LogP contribution in [0.15, 0.2) is 30.5 Å². The fourth-order valence-corrected chi connectivity index (χ4v) is 3.71. The summed E-state index contributed by atoms with van der Waals surface area (Å²) in [5.74, 6) is -2.15. The second-order valence-electron chi connectivity index (χ2n) is 7.62. The Hall–Kier alpha value is -2.78. The van der Waals surface area contributed by atoms with E-state index in [1.54, 1.807) is 13.0 Å². The van der Waals surface area contributed by atoms with Gasteiger partial charge in [-0.2, -0.15) is 26.3 Å². The number of nitrogens with zero attached hydrogens (tertiary/aromatic N) is 2. The van der Waals surface area contributed by atoms with Gasteiger partial charge in [0.1, 0.15) is 0 Å². The molecular formula is C21H21F6N3O. The largest absolute Gasteiger partial charge is 0.416 e. The SMILES string of the molecule is Cc1cc(NC(=O)c2cc(C)c(C(F)(F)F)cc2N2CCC(C(F)(F)F)CC2)ccn1. The van der Waals surface area contributed by atoms with Crippen LogP contribution in [0.2, 0.25) is 0 Å². The van der Waals surface area contributed by atoms with Gasteiger partial charge in [-0.3, -0.25) is 9.78 Å². The molecule has 1 fully saturated rings. The summed E-state index contributed by atoms with van der Waals surface area (Å²) in [5, 5.41) is 2.63. The molecule has 0 bridgehead atoms. The Morgan fingerprint density at radius 1 is 1.06 bits per heavy atom. The van der Waals surface area contributed by atoms with Crippen LogP contribution in [0, 0.1) is 19.8 Å². The van der Waals surface area contributed by atoms with Crippen LogP contribution >= 0.6 is 0 Å². The Morgan fingerprint density at radius 3 is 2.26 bits per heavy atom. The highest BCUT2D eigenvalue weighted by molar-refractivity contribution is 6.08. The lowest BCUT2D eigenvalue weighted by Gasteiger charge is -2.35. The van der Waals surface area contributed by atoms with Crippen molar-refractivity contribution in [3.05, 3.63) is 52.8 Å². The lowest BCUT2D eigenvalue weighted by Crippen LogP contribution is -2.40. The second kappa shape index (κ2) is 8.39. The first-order chi connectivity index (χ1) is 14.4. The van der Waals surface area contributed by atoms with E-state index >= 15 is 0 Å². The summed E-state index contributed by atoms with van der Waals surface area (Å²) in [6.45, 7) is 2.77. The number of nitrogens with one attached hydrogen (secondary N) is 1. The van der Waals surface area contributed by atoms with Gasteiger partial charge in [-0.1, -0.05) is 0 Å². The molecule has 3 rings (SSSR count). The number of hydrogen-bond acceptors (Lipinski definition) is 3. The number of halogens is 6. The average Bonchev–Trinajstić information content (AvgIpc) is 2.66. The summed E-state index contributed by atoms with van der Waals surface area (Å²) in [4.78, 5) is 18.3. The van der Waals surface area contributed by atoms with Crippen LogP contribution in [0.25, 0.3) is 0 Å². The number of amides is 1. The van der Waals surface area contributed by atoms with Gasteiger partial charge in [-0.15, -0.1) is 0 Å². The molecule has 1 aromatic carbocycles. The predicted molar refractivity (Wildman–Crippen MR) is 104 cm³/mol. The molecule has 1 aliphatic rings. The molecule has 0 atom stereocenters. The van der Waals surface area contributed by atoms with Crippen LogP contribution in [0.4, 0.5) is 37.7 Å². The summed E-state index contributed by atoms with van der Waals surface area (Å²) < 4.78 is 79.4. The lowest BCUT2D eigenvalue weighted by atomic mass is 9.94. The number of carbonyl (C=O) groups is 1. The number of rotatable bonds is 3. The number of aromatic nitrogens is 1. The third-order valence-corrected chi connectivity index (χ3v) is 5.35. The van der Waals surface area contributed by atoms with Crippen molar-refractivity contribution in [2.24, 2.45) is 5.92 Å². The van der Waals surface area contributed by atoms with Crippen molar-refractivity contribution in [3.63, 3.8) is 0 Å². The Bertz CT molecular complexity index is 963. The summed E-state index contributed by atoms with van der Waals surface area (Å²) in [6, 6.07) is 5.13. The molecule has 1 amide bonds. The first kappa shape index (κ1) is 22.9. The van der Waals surface area contributed by atoms with Gasteiger partial charge < -0.3 is 10.2 Å². The zero-order chi connectivity index (χ0) is 23.0. The zero-order valence-corrected chi connectivity index (χ0v) is 16.9. The third kappa shape index (κ3) is 5.29. The van der Waals surface area contributed by atoms with Crippen molar-refractivity contribution < 1.29 is 31.1 Å². The fourth-order valence-electron chi connectivity index (χ4n) is 3.71. The molecule has 1 aliphatic heterocycles. The van der Waals surface area contributed by atoms with Gasteiger partial charge in [0, 0.05) is 30.7 Å². The van der Waals surface area contributed by atoms with E-state index in [0.717, 1.165) is 12.1 Å². The number of piperidine rings is 1. The van der Waals surface area contributed by atoms with Gasteiger partial charge in [-0.25, -0.2) is 0 Å². The highest BCUT2D eigenvalue weighted by Gasteiger charge is 2.42. The van der Waals surface area contributed by atoms with E-state index in [2.05, 4.69) is 10.3 Å². The van der Waals surface area contributed by atoms with Crippen LogP contribution in [-0.2, 0) is 6.18 Å². The van der Waals surface area contributed by atoms with Gasteiger partial charge in [0.25, 0.3) is 5.91 Å². The van der Waals surface area contributed by atoms with Gasteiger partial charge in [0.2, 0.25) is 0 Å².